The third-order valence-corrected chi connectivity index (χ3v) is 5.93. The number of halogens is 1. The van der Waals surface area contributed by atoms with Crippen molar-refractivity contribution < 1.29 is 0 Å². The number of benzene rings is 2. The quantitative estimate of drug-likeness (QED) is 0.468. The predicted molar refractivity (Wildman–Crippen MR) is 99.8 cm³/mol. The van der Waals surface area contributed by atoms with Gasteiger partial charge in [-0.15, -0.1) is 16.4 Å². The first kappa shape index (κ1) is 15.6. The number of fused-ring (bicyclic) bond motifs is 1. The fourth-order valence-electron chi connectivity index (χ4n) is 2.31. The summed E-state index contributed by atoms with van der Waals surface area (Å²) in [4.78, 5) is 4.62. The van der Waals surface area contributed by atoms with Crippen LogP contribution in [-0.4, -0.2) is 20.0 Å². The van der Waals surface area contributed by atoms with E-state index in [0.29, 0.717) is 6.54 Å². The average molecular weight is 373 g/mol. The molecule has 2 aromatic heterocycles. The highest BCUT2D eigenvalue weighted by Crippen LogP contribution is 2.30. The van der Waals surface area contributed by atoms with Crippen molar-refractivity contribution in [2.24, 2.45) is 0 Å². The minimum Gasteiger partial charge on any atom is -0.248 e. The summed E-state index contributed by atoms with van der Waals surface area (Å²) >= 11 is 9.31. The molecule has 24 heavy (non-hydrogen) atoms. The Hall–Kier alpha value is -1.89. The highest BCUT2D eigenvalue weighted by molar-refractivity contribution is 8.00. The van der Waals surface area contributed by atoms with Gasteiger partial charge in [0.15, 0.2) is 4.34 Å². The number of aromatic nitrogens is 4. The molecule has 0 aliphatic rings. The van der Waals surface area contributed by atoms with E-state index in [-0.39, 0.29) is 0 Å². The van der Waals surface area contributed by atoms with Gasteiger partial charge in [-0.1, -0.05) is 52.8 Å². The van der Waals surface area contributed by atoms with Crippen LogP contribution in [0.3, 0.4) is 0 Å². The van der Waals surface area contributed by atoms with Crippen LogP contribution in [-0.2, 0) is 12.3 Å². The van der Waals surface area contributed by atoms with Crippen LogP contribution in [0.25, 0.3) is 10.2 Å². The Morgan fingerprint density at radius 3 is 2.75 bits per heavy atom. The smallest absolute Gasteiger partial charge is 0.151 e. The Balaban J connectivity index is 1.40. The van der Waals surface area contributed by atoms with Crippen molar-refractivity contribution >= 4 is 44.9 Å². The first-order valence-corrected chi connectivity index (χ1v) is 9.56. The van der Waals surface area contributed by atoms with Crippen LogP contribution >= 0.6 is 34.7 Å². The van der Waals surface area contributed by atoms with Gasteiger partial charge in [0.05, 0.1) is 22.5 Å². The van der Waals surface area contributed by atoms with E-state index in [4.69, 9.17) is 11.6 Å². The molecule has 0 amide bonds. The van der Waals surface area contributed by atoms with Gasteiger partial charge in [-0.2, -0.15) is 0 Å². The highest BCUT2D eigenvalue weighted by atomic mass is 35.5. The molecular weight excluding hydrogens is 360 g/mol. The molecule has 0 atom stereocenters. The molecule has 0 saturated carbocycles. The Labute approximate surface area is 152 Å². The number of hydrogen-bond acceptors (Lipinski definition) is 5. The van der Waals surface area contributed by atoms with Gasteiger partial charge in [0.1, 0.15) is 0 Å². The van der Waals surface area contributed by atoms with E-state index in [1.807, 2.05) is 53.3 Å². The molecule has 2 aromatic carbocycles. The zero-order valence-corrected chi connectivity index (χ0v) is 15.0. The van der Waals surface area contributed by atoms with Crippen molar-refractivity contribution in [3.8, 4) is 0 Å². The lowest BCUT2D eigenvalue weighted by Gasteiger charge is -2.00. The van der Waals surface area contributed by atoms with E-state index in [1.165, 1.54) is 4.70 Å². The predicted octanol–water partition coefficient (Wildman–Crippen LogP) is 4.88. The molecule has 0 spiro atoms. The SMILES string of the molecule is Clc1ccc(Cn2cc(CSc3nc4ccccc4s3)nn2)cc1. The molecule has 120 valence electrons. The van der Waals surface area contributed by atoms with Crippen LogP contribution < -0.4 is 0 Å². The average Bonchev–Trinajstić information content (AvgIpc) is 3.21. The van der Waals surface area contributed by atoms with Crippen molar-refractivity contribution in [2.75, 3.05) is 0 Å². The maximum atomic E-state index is 5.91. The molecule has 0 saturated heterocycles. The van der Waals surface area contributed by atoms with Gasteiger partial charge in [-0.05, 0) is 29.8 Å². The summed E-state index contributed by atoms with van der Waals surface area (Å²) < 4.78 is 4.12. The van der Waals surface area contributed by atoms with Gasteiger partial charge in [-0.3, -0.25) is 0 Å². The number of nitrogens with zero attached hydrogens (tertiary/aromatic N) is 4. The summed E-state index contributed by atoms with van der Waals surface area (Å²) in [6.07, 6.45) is 1.98. The van der Waals surface area contributed by atoms with E-state index < -0.39 is 0 Å². The number of rotatable bonds is 5. The second-order valence-corrected chi connectivity index (χ2v) is 7.96. The van der Waals surface area contributed by atoms with Crippen LogP contribution in [0, 0.1) is 0 Å². The van der Waals surface area contributed by atoms with Gasteiger partial charge in [0.2, 0.25) is 0 Å². The normalized spacial score (nSPS) is 11.2. The summed E-state index contributed by atoms with van der Waals surface area (Å²) in [6.45, 7) is 0.690. The minimum atomic E-state index is 0.690. The van der Waals surface area contributed by atoms with Crippen molar-refractivity contribution in [1.29, 1.82) is 0 Å². The maximum absolute atomic E-state index is 5.91. The van der Waals surface area contributed by atoms with Crippen LogP contribution in [0.1, 0.15) is 11.3 Å². The summed E-state index contributed by atoms with van der Waals surface area (Å²) in [5.74, 6) is 0.764. The molecule has 0 radical (unpaired) electrons. The van der Waals surface area contributed by atoms with E-state index in [1.54, 1.807) is 23.1 Å². The molecule has 4 rings (SSSR count). The molecule has 0 aliphatic carbocycles. The van der Waals surface area contributed by atoms with E-state index in [2.05, 4.69) is 21.4 Å². The fraction of sp³-hybridized carbons (Fsp3) is 0.118. The van der Waals surface area contributed by atoms with E-state index >= 15 is 0 Å². The second-order valence-electron chi connectivity index (χ2n) is 5.27. The van der Waals surface area contributed by atoms with Crippen molar-refractivity contribution in [3.05, 3.63) is 71.0 Å². The van der Waals surface area contributed by atoms with E-state index in [9.17, 15) is 0 Å². The lowest BCUT2D eigenvalue weighted by molar-refractivity contribution is 0.649. The van der Waals surface area contributed by atoms with Crippen molar-refractivity contribution in [3.63, 3.8) is 0 Å². The number of hydrogen-bond donors (Lipinski definition) is 0. The first-order chi connectivity index (χ1) is 11.8. The van der Waals surface area contributed by atoms with Gasteiger partial charge in [0, 0.05) is 17.0 Å². The van der Waals surface area contributed by atoms with Crippen molar-refractivity contribution in [1.82, 2.24) is 20.0 Å². The van der Waals surface area contributed by atoms with Crippen molar-refractivity contribution in [2.45, 2.75) is 16.6 Å². The van der Waals surface area contributed by atoms with Gasteiger partial charge in [0.25, 0.3) is 0 Å². The lowest BCUT2D eigenvalue weighted by Crippen LogP contribution is -1.99. The van der Waals surface area contributed by atoms with Crippen LogP contribution in [0.4, 0.5) is 0 Å². The number of thioether (sulfide) groups is 1. The molecule has 0 fully saturated rings. The van der Waals surface area contributed by atoms with Gasteiger partial charge >= 0.3 is 0 Å². The highest BCUT2D eigenvalue weighted by Gasteiger charge is 2.07. The Kier molecular flexibility index (Phi) is 4.51. The molecule has 0 aliphatic heterocycles. The largest absolute Gasteiger partial charge is 0.248 e. The number of thiazole rings is 1. The zero-order chi connectivity index (χ0) is 16.4. The Bertz CT molecular complexity index is 929. The number of para-hydroxylation sites is 1. The van der Waals surface area contributed by atoms with Crippen LogP contribution in [0.15, 0.2) is 59.1 Å². The molecule has 4 aromatic rings. The van der Waals surface area contributed by atoms with Crippen LogP contribution in [0.5, 0.6) is 0 Å². The molecular formula is C17H13ClN4S2. The van der Waals surface area contributed by atoms with Gasteiger partial charge < -0.3 is 0 Å². The molecule has 0 N–H and O–H groups in total. The fourth-order valence-corrected chi connectivity index (χ4v) is 4.38. The Morgan fingerprint density at radius 2 is 1.92 bits per heavy atom. The first-order valence-electron chi connectivity index (χ1n) is 7.38. The zero-order valence-electron chi connectivity index (χ0n) is 12.6. The minimum absolute atomic E-state index is 0.690. The van der Waals surface area contributed by atoms with E-state index in [0.717, 1.165) is 31.9 Å². The molecule has 4 nitrogen and oxygen atoms in total. The third-order valence-electron chi connectivity index (χ3n) is 3.46. The standard InChI is InChI=1S/C17H13ClN4S2/c18-13-7-5-12(6-8-13)9-22-10-14(20-21-22)11-23-17-19-15-3-1-2-4-16(15)24-17/h1-8,10H,9,11H2. The molecule has 0 bridgehead atoms. The summed E-state index contributed by atoms with van der Waals surface area (Å²) in [5, 5.41) is 9.18. The summed E-state index contributed by atoms with van der Waals surface area (Å²) in [5.41, 5.74) is 3.15. The monoisotopic (exact) mass is 372 g/mol. The third kappa shape index (κ3) is 3.61. The summed E-state index contributed by atoms with van der Waals surface area (Å²) in [7, 11) is 0. The molecule has 2 heterocycles. The second kappa shape index (κ2) is 6.93. The molecule has 7 heteroatoms. The maximum Gasteiger partial charge on any atom is 0.151 e. The Morgan fingerprint density at radius 1 is 1.08 bits per heavy atom. The topological polar surface area (TPSA) is 43.6 Å². The lowest BCUT2D eigenvalue weighted by atomic mass is 10.2. The summed E-state index contributed by atoms with van der Waals surface area (Å²) in [6, 6.07) is 16.0. The molecule has 0 unspecified atom stereocenters. The van der Waals surface area contributed by atoms with Crippen LogP contribution in [0.2, 0.25) is 5.02 Å². The van der Waals surface area contributed by atoms with Gasteiger partial charge in [-0.25, -0.2) is 9.67 Å².